The monoisotopic (exact) mass is 321 g/mol. The fourth-order valence-corrected chi connectivity index (χ4v) is 2.36. The van der Waals surface area contributed by atoms with Crippen LogP contribution in [0.1, 0.15) is 34.8 Å². The van der Waals surface area contributed by atoms with Crippen molar-refractivity contribution < 1.29 is 9.21 Å². The molecular weight excluding hydrogens is 302 g/mol. The minimum absolute atomic E-state index is 0.0831. The number of carbonyl (C=O) groups is 1. The van der Waals surface area contributed by atoms with Crippen molar-refractivity contribution in [1.82, 2.24) is 10.3 Å². The molecule has 24 heavy (non-hydrogen) atoms. The van der Waals surface area contributed by atoms with Crippen molar-refractivity contribution >= 4 is 11.6 Å². The first-order valence-corrected chi connectivity index (χ1v) is 7.80. The highest BCUT2D eigenvalue weighted by Gasteiger charge is 2.12. The number of carbonyl (C=O) groups excluding carboxylic acids is 1. The lowest BCUT2D eigenvalue weighted by molar-refractivity contribution is 0.0935. The van der Waals surface area contributed by atoms with Gasteiger partial charge in [-0.1, -0.05) is 30.3 Å². The molecule has 0 saturated carbocycles. The number of nitrogens with one attached hydrogen (secondary N) is 2. The molecule has 0 bridgehead atoms. The number of hydrogen-bond donors (Lipinski definition) is 2. The van der Waals surface area contributed by atoms with Gasteiger partial charge in [0.2, 0.25) is 0 Å². The molecule has 2 N–H and O–H groups in total. The number of rotatable bonds is 6. The number of nitrogens with zero attached hydrogens (tertiary/aromatic N) is 1. The molecule has 3 rings (SSSR count). The molecule has 2 aromatic heterocycles. The largest absolute Gasteiger partial charge is 0.467 e. The highest BCUT2D eigenvalue weighted by molar-refractivity contribution is 5.93. The summed E-state index contributed by atoms with van der Waals surface area (Å²) < 4.78 is 5.28. The molecule has 3 aromatic rings. The summed E-state index contributed by atoms with van der Waals surface area (Å²) in [5.74, 6) is 0.628. The Morgan fingerprint density at radius 2 is 2.00 bits per heavy atom. The van der Waals surface area contributed by atoms with Crippen LogP contribution in [-0.2, 0) is 6.54 Å². The zero-order valence-corrected chi connectivity index (χ0v) is 13.4. The zero-order valence-electron chi connectivity index (χ0n) is 13.4. The highest BCUT2D eigenvalue weighted by Crippen LogP contribution is 2.14. The number of amides is 1. The third kappa shape index (κ3) is 4.01. The van der Waals surface area contributed by atoms with E-state index in [1.165, 1.54) is 0 Å². The van der Waals surface area contributed by atoms with Crippen LogP contribution in [-0.4, -0.2) is 10.9 Å². The van der Waals surface area contributed by atoms with E-state index >= 15 is 0 Å². The number of pyridine rings is 1. The van der Waals surface area contributed by atoms with Gasteiger partial charge in [0.25, 0.3) is 5.91 Å². The average Bonchev–Trinajstić information content (AvgIpc) is 3.14. The normalized spacial score (nSPS) is 11.7. The maximum Gasteiger partial charge on any atom is 0.270 e. The first kappa shape index (κ1) is 15.8. The Labute approximate surface area is 140 Å². The van der Waals surface area contributed by atoms with Crippen molar-refractivity contribution in [2.45, 2.75) is 19.5 Å². The number of furan rings is 1. The summed E-state index contributed by atoms with van der Waals surface area (Å²) in [6.45, 7) is 2.50. The predicted octanol–water partition coefficient (Wildman–Crippen LogP) is 3.78. The smallest absolute Gasteiger partial charge is 0.270 e. The third-order valence-corrected chi connectivity index (χ3v) is 3.69. The van der Waals surface area contributed by atoms with Gasteiger partial charge < -0.3 is 15.1 Å². The zero-order chi connectivity index (χ0) is 16.8. The Bertz CT molecular complexity index is 785. The Morgan fingerprint density at radius 3 is 2.75 bits per heavy atom. The SMILES string of the molecule is CC(NC(=O)c1cc(NCc2ccco2)ccn1)c1ccccc1. The maximum atomic E-state index is 12.4. The molecule has 1 unspecified atom stereocenters. The van der Waals surface area contributed by atoms with Gasteiger partial charge in [0.1, 0.15) is 11.5 Å². The van der Waals surface area contributed by atoms with E-state index in [9.17, 15) is 4.79 Å². The number of hydrogen-bond acceptors (Lipinski definition) is 4. The van der Waals surface area contributed by atoms with Gasteiger partial charge in [-0.2, -0.15) is 0 Å². The molecule has 1 amide bonds. The molecule has 0 aliphatic heterocycles. The van der Waals surface area contributed by atoms with Crippen molar-refractivity contribution in [2.24, 2.45) is 0 Å². The Morgan fingerprint density at radius 1 is 1.17 bits per heavy atom. The van der Waals surface area contributed by atoms with E-state index in [1.807, 2.05) is 55.5 Å². The number of anilines is 1. The molecule has 0 fully saturated rings. The average molecular weight is 321 g/mol. The molecule has 5 heteroatoms. The fraction of sp³-hybridized carbons (Fsp3) is 0.158. The van der Waals surface area contributed by atoms with E-state index in [2.05, 4.69) is 15.6 Å². The molecule has 122 valence electrons. The fourth-order valence-electron chi connectivity index (χ4n) is 2.36. The minimum atomic E-state index is -0.201. The standard InChI is InChI=1S/C19H19N3O2/c1-14(15-6-3-2-4-7-15)22-19(23)18-12-16(9-10-20-18)21-13-17-8-5-11-24-17/h2-12,14H,13H2,1H3,(H,20,21)(H,22,23). The summed E-state index contributed by atoms with van der Waals surface area (Å²) in [5, 5.41) is 6.18. The minimum Gasteiger partial charge on any atom is -0.467 e. The van der Waals surface area contributed by atoms with Gasteiger partial charge in [-0.15, -0.1) is 0 Å². The van der Waals surface area contributed by atoms with Crippen molar-refractivity contribution in [2.75, 3.05) is 5.32 Å². The van der Waals surface area contributed by atoms with Crippen LogP contribution in [0.25, 0.3) is 0 Å². The third-order valence-electron chi connectivity index (χ3n) is 3.69. The van der Waals surface area contributed by atoms with Gasteiger partial charge >= 0.3 is 0 Å². The molecular formula is C19H19N3O2. The van der Waals surface area contributed by atoms with Gasteiger partial charge in [-0.05, 0) is 36.8 Å². The van der Waals surface area contributed by atoms with E-state index < -0.39 is 0 Å². The summed E-state index contributed by atoms with van der Waals surface area (Å²) >= 11 is 0. The van der Waals surface area contributed by atoms with Crippen molar-refractivity contribution in [3.05, 3.63) is 84.1 Å². The van der Waals surface area contributed by atoms with Crippen LogP contribution < -0.4 is 10.6 Å². The molecule has 1 atom stereocenters. The quantitative estimate of drug-likeness (QED) is 0.725. The first-order valence-electron chi connectivity index (χ1n) is 7.80. The maximum absolute atomic E-state index is 12.4. The second kappa shape index (κ2) is 7.46. The molecule has 0 spiro atoms. The van der Waals surface area contributed by atoms with E-state index in [-0.39, 0.29) is 11.9 Å². The molecule has 0 aliphatic rings. The van der Waals surface area contributed by atoms with Crippen molar-refractivity contribution in [3.8, 4) is 0 Å². The van der Waals surface area contributed by atoms with E-state index in [1.54, 1.807) is 18.5 Å². The van der Waals surface area contributed by atoms with Crippen molar-refractivity contribution in [3.63, 3.8) is 0 Å². The van der Waals surface area contributed by atoms with Crippen LogP contribution in [0.2, 0.25) is 0 Å². The molecule has 0 aliphatic carbocycles. The highest BCUT2D eigenvalue weighted by atomic mass is 16.3. The van der Waals surface area contributed by atoms with Gasteiger partial charge in [0, 0.05) is 11.9 Å². The van der Waals surface area contributed by atoms with Crippen LogP contribution in [0, 0.1) is 0 Å². The molecule has 2 heterocycles. The molecule has 0 radical (unpaired) electrons. The van der Waals surface area contributed by atoms with Gasteiger partial charge in [0.05, 0.1) is 18.8 Å². The lowest BCUT2D eigenvalue weighted by atomic mass is 10.1. The number of benzene rings is 1. The lowest BCUT2D eigenvalue weighted by Gasteiger charge is -2.14. The Balaban J connectivity index is 1.63. The van der Waals surface area contributed by atoms with E-state index in [0.717, 1.165) is 17.0 Å². The topological polar surface area (TPSA) is 67.2 Å². The molecule has 1 aromatic carbocycles. The second-order valence-electron chi connectivity index (χ2n) is 5.47. The number of aromatic nitrogens is 1. The summed E-state index contributed by atoms with van der Waals surface area (Å²) in [6.07, 6.45) is 3.25. The van der Waals surface area contributed by atoms with Crippen LogP contribution in [0.5, 0.6) is 0 Å². The van der Waals surface area contributed by atoms with Crippen molar-refractivity contribution in [1.29, 1.82) is 0 Å². The van der Waals surface area contributed by atoms with Gasteiger partial charge in [-0.3, -0.25) is 9.78 Å². The van der Waals surface area contributed by atoms with E-state index in [4.69, 9.17) is 4.42 Å². The first-order chi connectivity index (χ1) is 11.7. The molecule has 5 nitrogen and oxygen atoms in total. The molecule has 0 saturated heterocycles. The summed E-state index contributed by atoms with van der Waals surface area (Å²) in [4.78, 5) is 16.5. The van der Waals surface area contributed by atoms with Crippen LogP contribution in [0.4, 0.5) is 5.69 Å². The second-order valence-corrected chi connectivity index (χ2v) is 5.47. The van der Waals surface area contributed by atoms with Crippen LogP contribution in [0.3, 0.4) is 0 Å². The summed E-state index contributed by atoms with van der Waals surface area (Å²) in [7, 11) is 0. The Hall–Kier alpha value is -3.08. The summed E-state index contributed by atoms with van der Waals surface area (Å²) in [5.41, 5.74) is 2.25. The summed E-state index contributed by atoms with van der Waals surface area (Å²) in [6, 6.07) is 17.0. The van der Waals surface area contributed by atoms with Crippen LogP contribution >= 0.6 is 0 Å². The van der Waals surface area contributed by atoms with Gasteiger partial charge in [-0.25, -0.2) is 0 Å². The van der Waals surface area contributed by atoms with E-state index in [0.29, 0.717) is 12.2 Å². The van der Waals surface area contributed by atoms with Crippen LogP contribution in [0.15, 0.2) is 71.5 Å². The lowest BCUT2D eigenvalue weighted by Crippen LogP contribution is -2.27. The predicted molar refractivity (Wildman–Crippen MR) is 92.6 cm³/mol. The Kier molecular flexibility index (Phi) is 4.91. The van der Waals surface area contributed by atoms with Gasteiger partial charge in [0.15, 0.2) is 0 Å².